The van der Waals surface area contributed by atoms with Crippen molar-refractivity contribution in [2.45, 2.75) is 0 Å². The molecule has 0 heterocycles. The van der Waals surface area contributed by atoms with E-state index in [0.717, 1.165) is 12.1 Å². The number of benzene rings is 1. The van der Waals surface area contributed by atoms with E-state index in [-0.39, 0.29) is 27.8 Å². The normalized spacial score (nSPS) is 11.0. The summed E-state index contributed by atoms with van der Waals surface area (Å²) < 4.78 is 21.4. The molecule has 1 aromatic rings. The number of anilines is 1. The molecule has 0 radical (unpaired) electrons. The van der Waals surface area contributed by atoms with Crippen LogP contribution in [0.3, 0.4) is 0 Å². The lowest BCUT2D eigenvalue weighted by atomic mass is 10.2. The smallest absolute Gasteiger partial charge is 0.335 e. The van der Waals surface area contributed by atoms with Crippen LogP contribution < -0.4 is 15.8 Å². The third-order valence-electron chi connectivity index (χ3n) is 2.20. The van der Waals surface area contributed by atoms with Crippen LogP contribution in [0.15, 0.2) is 12.1 Å². The van der Waals surface area contributed by atoms with E-state index in [1.165, 1.54) is 0 Å². The Morgan fingerprint density at radius 1 is 1.24 bits per heavy atom. The molecule has 0 spiro atoms. The van der Waals surface area contributed by atoms with Gasteiger partial charge in [-0.3, -0.25) is 0 Å². The minimum atomic E-state index is -3.68. The van der Waals surface area contributed by atoms with E-state index >= 15 is 0 Å². The van der Waals surface area contributed by atoms with E-state index in [4.69, 9.17) is 33.4 Å². The molecule has 0 fully saturated rings. The molecule has 0 bridgehead atoms. The molecule has 0 saturated carbocycles. The van der Waals surface area contributed by atoms with Crippen molar-refractivity contribution in [1.29, 1.82) is 0 Å². The molecule has 0 aliphatic heterocycles. The molecule has 0 saturated heterocycles. The second-order valence-electron chi connectivity index (χ2n) is 3.87. The average molecular weight is 356 g/mol. The van der Waals surface area contributed by atoms with Crippen molar-refractivity contribution in [3.8, 4) is 0 Å². The molecular formula is C10H11Cl2N3O5S. The molecule has 0 aliphatic rings. The van der Waals surface area contributed by atoms with E-state index in [9.17, 15) is 18.0 Å². The number of carboxylic acid groups (broad SMARTS) is 1. The monoisotopic (exact) mass is 355 g/mol. The van der Waals surface area contributed by atoms with Crippen LogP contribution >= 0.6 is 23.2 Å². The Kier molecular flexibility index (Phi) is 5.78. The molecule has 5 N–H and O–H groups in total. The van der Waals surface area contributed by atoms with Gasteiger partial charge in [-0.25, -0.2) is 23.1 Å². The number of hydrogen-bond donors (Lipinski definition) is 4. The SMILES string of the molecule is NS(=O)(=O)CCNC(=O)Nc1c(Cl)cc(C(=O)O)cc1Cl. The number of carboxylic acids is 1. The number of nitrogens with one attached hydrogen (secondary N) is 2. The third kappa shape index (κ3) is 5.76. The average Bonchev–Trinajstić information content (AvgIpc) is 2.31. The van der Waals surface area contributed by atoms with E-state index in [2.05, 4.69) is 10.6 Å². The zero-order valence-electron chi connectivity index (χ0n) is 10.4. The maximum absolute atomic E-state index is 11.5. The van der Waals surface area contributed by atoms with Crippen molar-refractivity contribution in [3.05, 3.63) is 27.7 Å². The van der Waals surface area contributed by atoms with Crippen LogP contribution in [0, 0.1) is 0 Å². The molecule has 11 heteroatoms. The molecule has 1 rings (SSSR count). The first-order valence-electron chi connectivity index (χ1n) is 5.38. The molecule has 0 aliphatic carbocycles. The first-order valence-corrected chi connectivity index (χ1v) is 7.85. The van der Waals surface area contributed by atoms with E-state index in [1.807, 2.05) is 0 Å². The van der Waals surface area contributed by atoms with Crippen molar-refractivity contribution >= 4 is 50.9 Å². The number of carbonyl (C=O) groups excluding carboxylic acids is 1. The van der Waals surface area contributed by atoms with Gasteiger partial charge < -0.3 is 15.7 Å². The molecule has 1 aromatic carbocycles. The predicted molar refractivity (Wildman–Crippen MR) is 78.4 cm³/mol. The van der Waals surface area contributed by atoms with Crippen LogP contribution in [0.4, 0.5) is 10.5 Å². The highest BCUT2D eigenvalue weighted by Crippen LogP contribution is 2.31. The van der Waals surface area contributed by atoms with Crippen LogP contribution in [0.25, 0.3) is 0 Å². The summed E-state index contributed by atoms with van der Waals surface area (Å²) in [5, 5.41) is 18.0. The number of primary sulfonamides is 1. The summed E-state index contributed by atoms with van der Waals surface area (Å²) in [6.07, 6.45) is 0. The van der Waals surface area contributed by atoms with Crippen LogP contribution in [-0.4, -0.2) is 37.8 Å². The van der Waals surface area contributed by atoms with Crippen molar-refractivity contribution in [1.82, 2.24) is 5.32 Å². The van der Waals surface area contributed by atoms with E-state index < -0.39 is 27.8 Å². The number of nitrogens with two attached hydrogens (primary N) is 1. The zero-order valence-corrected chi connectivity index (χ0v) is 12.7. The second-order valence-corrected chi connectivity index (χ2v) is 6.42. The van der Waals surface area contributed by atoms with Crippen LogP contribution in [0.2, 0.25) is 10.0 Å². The molecule has 0 aromatic heterocycles. The lowest BCUT2D eigenvalue weighted by Crippen LogP contribution is -2.34. The number of halogens is 2. The zero-order chi connectivity index (χ0) is 16.2. The Morgan fingerprint density at radius 2 is 1.76 bits per heavy atom. The summed E-state index contributed by atoms with van der Waals surface area (Å²) in [5.41, 5.74) is -0.123. The molecule has 2 amide bonds. The number of rotatable bonds is 5. The van der Waals surface area contributed by atoms with Gasteiger partial charge in [-0.2, -0.15) is 0 Å². The summed E-state index contributed by atoms with van der Waals surface area (Å²) in [6.45, 7) is -0.201. The highest BCUT2D eigenvalue weighted by molar-refractivity contribution is 7.89. The number of sulfonamides is 1. The highest BCUT2D eigenvalue weighted by atomic mass is 35.5. The number of aromatic carboxylic acids is 1. The molecule has 0 atom stereocenters. The van der Waals surface area contributed by atoms with Gasteiger partial charge >= 0.3 is 12.0 Å². The number of carbonyl (C=O) groups is 2. The molecule has 21 heavy (non-hydrogen) atoms. The van der Waals surface area contributed by atoms with Crippen molar-refractivity contribution < 1.29 is 23.1 Å². The van der Waals surface area contributed by atoms with Gasteiger partial charge in [0.2, 0.25) is 10.0 Å². The molecule has 8 nitrogen and oxygen atoms in total. The Morgan fingerprint density at radius 3 is 2.19 bits per heavy atom. The number of hydrogen-bond acceptors (Lipinski definition) is 4. The maximum atomic E-state index is 11.5. The lowest BCUT2D eigenvalue weighted by molar-refractivity contribution is 0.0697. The van der Waals surface area contributed by atoms with Gasteiger partial charge in [0.25, 0.3) is 0 Å². The van der Waals surface area contributed by atoms with Gasteiger partial charge in [0.1, 0.15) is 0 Å². The lowest BCUT2D eigenvalue weighted by Gasteiger charge is -2.11. The van der Waals surface area contributed by atoms with Gasteiger partial charge in [0.15, 0.2) is 0 Å². The van der Waals surface area contributed by atoms with Gasteiger partial charge in [-0.1, -0.05) is 23.2 Å². The number of amides is 2. The fourth-order valence-electron chi connectivity index (χ4n) is 1.28. The largest absolute Gasteiger partial charge is 0.478 e. The van der Waals surface area contributed by atoms with Crippen LogP contribution in [-0.2, 0) is 10.0 Å². The maximum Gasteiger partial charge on any atom is 0.335 e. The van der Waals surface area contributed by atoms with Gasteiger partial charge in [0, 0.05) is 6.54 Å². The Labute approximate surface area is 130 Å². The predicted octanol–water partition coefficient (Wildman–Crippen LogP) is 1.10. The fourth-order valence-corrected chi connectivity index (χ4v) is 2.25. The first kappa shape index (κ1) is 17.5. The molecule has 0 unspecified atom stereocenters. The minimum absolute atomic E-state index is 0.0106. The standard InChI is InChI=1S/C10H11Cl2N3O5S/c11-6-3-5(9(16)17)4-7(12)8(6)15-10(18)14-1-2-21(13,19)20/h3-4H,1-2H2,(H,16,17)(H2,13,19,20)(H2,14,15,18). The minimum Gasteiger partial charge on any atom is -0.478 e. The first-order chi connectivity index (χ1) is 9.60. The van der Waals surface area contributed by atoms with E-state index in [0.29, 0.717) is 0 Å². The van der Waals surface area contributed by atoms with Crippen molar-refractivity contribution in [3.63, 3.8) is 0 Å². The Balaban J connectivity index is 2.75. The van der Waals surface area contributed by atoms with Crippen molar-refractivity contribution in [2.24, 2.45) is 5.14 Å². The van der Waals surface area contributed by atoms with Crippen LogP contribution in [0.1, 0.15) is 10.4 Å². The summed E-state index contributed by atoms with van der Waals surface area (Å²) in [7, 11) is -3.68. The van der Waals surface area contributed by atoms with Gasteiger partial charge in [-0.05, 0) is 12.1 Å². The van der Waals surface area contributed by atoms with Gasteiger partial charge in [-0.15, -0.1) is 0 Å². The van der Waals surface area contributed by atoms with Crippen molar-refractivity contribution in [2.75, 3.05) is 17.6 Å². The molecular weight excluding hydrogens is 345 g/mol. The Bertz CT molecular complexity index is 654. The molecule has 116 valence electrons. The highest BCUT2D eigenvalue weighted by Gasteiger charge is 2.14. The Hall–Kier alpha value is -1.55. The topological polar surface area (TPSA) is 139 Å². The summed E-state index contributed by atoms with van der Waals surface area (Å²) in [6, 6.07) is 1.48. The van der Waals surface area contributed by atoms with Gasteiger partial charge in [0.05, 0.1) is 27.0 Å². The summed E-state index contributed by atoms with van der Waals surface area (Å²) >= 11 is 11.6. The van der Waals surface area contributed by atoms with E-state index in [1.54, 1.807) is 0 Å². The van der Waals surface area contributed by atoms with Crippen LogP contribution in [0.5, 0.6) is 0 Å². The quantitative estimate of drug-likeness (QED) is 0.626. The summed E-state index contributed by atoms with van der Waals surface area (Å²) in [5.74, 6) is -1.65. The second kappa shape index (κ2) is 6.94. The summed E-state index contributed by atoms with van der Waals surface area (Å²) in [4.78, 5) is 22.3. The third-order valence-corrected chi connectivity index (χ3v) is 3.57. The fraction of sp³-hybridized carbons (Fsp3) is 0.200. The number of urea groups is 1.